The summed E-state index contributed by atoms with van der Waals surface area (Å²) < 4.78 is 2.70. The van der Waals surface area contributed by atoms with Crippen molar-refractivity contribution < 1.29 is 0 Å². The van der Waals surface area contributed by atoms with Crippen LogP contribution in [0.25, 0.3) is 74.9 Å². The summed E-state index contributed by atoms with van der Waals surface area (Å²) in [6, 6.07) is 44.1. The van der Waals surface area contributed by atoms with Gasteiger partial charge in [0.2, 0.25) is 0 Å². The first-order valence-electron chi connectivity index (χ1n) is 12.6. The van der Waals surface area contributed by atoms with Gasteiger partial charge < -0.3 is 0 Å². The van der Waals surface area contributed by atoms with Gasteiger partial charge >= 0.3 is 0 Å². The molecule has 0 saturated carbocycles. The lowest BCUT2D eigenvalue weighted by molar-refractivity contribution is 1.43. The molecule has 0 N–H and O–H groups in total. The van der Waals surface area contributed by atoms with Gasteiger partial charge in [0.25, 0.3) is 0 Å². The highest BCUT2D eigenvalue weighted by atomic mass is 32.1. The van der Waals surface area contributed by atoms with Gasteiger partial charge in [-0.1, -0.05) is 97.1 Å². The molecular weight excluding hydrogens is 466 g/mol. The third kappa shape index (κ3) is 3.13. The number of thiophene rings is 1. The van der Waals surface area contributed by atoms with E-state index >= 15 is 0 Å². The summed E-state index contributed by atoms with van der Waals surface area (Å²) in [7, 11) is 0. The molecule has 172 valence electrons. The Bertz CT molecular complexity index is 2150. The van der Waals surface area contributed by atoms with Gasteiger partial charge in [0, 0.05) is 42.5 Å². The molecule has 0 aliphatic heterocycles. The molecule has 6 aromatic carbocycles. The molecule has 2 heteroatoms. The fraction of sp³-hybridized carbons (Fsp3) is 0. The van der Waals surface area contributed by atoms with Crippen LogP contribution in [0.4, 0.5) is 0 Å². The molecule has 8 aromatic rings. The van der Waals surface area contributed by atoms with Crippen molar-refractivity contribution in [2.75, 3.05) is 0 Å². The van der Waals surface area contributed by atoms with Crippen molar-refractivity contribution in [3.05, 3.63) is 128 Å². The van der Waals surface area contributed by atoms with Crippen molar-refractivity contribution in [3.63, 3.8) is 0 Å². The number of hydrogen-bond acceptors (Lipinski definition) is 2. The van der Waals surface area contributed by atoms with E-state index in [4.69, 9.17) is 4.98 Å². The van der Waals surface area contributed by atoms with Gasteiger partial charge in [-0.2, -0.15) is 0 Å². The number of rotatable bonds is 2. The maximum atomic E-state index is 4.78. The van der Waals surface area contributed by atoms with E-state index in [0.29, 0.717) is 0 Å². The molecule has 0 bridgehead atoms. The lowest BCUT2D eigenvalue weighted by atomic mass is 9.91. The maximum absolute atomic E-state index is 4.78. The van der Waals surface area contributed by atoms with Crippen LogP contribution < -0.4 is 0 Å². The summed E-state index contributed by atoms with van der Waals surface area (Å²) in [6.45, 7) is 0. The first kappa shape index (κ1) is 20.6. The second-order valence-electron chi connectivity index (χ2n) is 9.57. The van der Waals surface area contributed by atoms with Crippen LogP contribution in [0.1, 0.15) is 0 Å². The summed E-state index contributed by atoms with van der Waals surface area (Å²) in [6.07, 6.45) is 1.89. The molecule has 0 atom stereocenters. The summed E-state index contributed by atoms with van der Waals surface area (Å²) >= 11 is 1.89. The molecule has 0 fully saturated rings. The van der Waals surface area contributed by atoms with E-state index in [2.05, 4.69) is 115 Å². The molecule has 0 unspecified atom stereocenters. The molecule has 8 rings (SSSR count). The van der Waals surface area contributed by atoms with Gasteiger partial charge in [0.1, 0.15) is 0 Å². The van der Waals surface area contributed by atoms with Gasteiger partial charge in [-0.05, 0) is 57.3 Å². The van der Waals surface area contributed by atoms with Crippen molar-refractivity contribution in [2.45, 2.75) is 0 Å². The summed E-state index contributed by atoms with van der Waals surface area (Å²) in [5.74, 6) is 0. The van der Waals surface area contributed by atoms with Crippen LogP contribution >= 0.6 is 11.3 Å². The van der Waals surface area contributed by atoms with Gasteiger partial charge in [-0.25, -0.2) is 0 Å². The molecule has 2 aromatic heterocycles. The fourth-order valence-electron chi connectivity index (χ4n) is 5.79. The molecular formula is C35H21NS. The Kier molecular flexibility index (Phi) is 4.46. The van der Waals surface area contributed by atoms with E-state index in [1.807, 2.05) is 23.6 Å². The van der Waals surface area contributed by atoms with E-state index in [1.54, 1.807) is 0 Å². The first-order valence-corrected chi connectivity index (χ1v) is 13.4. The largest absolute Gasteiger partial charge is 0.256 e. The van der Waals surface area contributed by atoms with Crippen molar-refractivity contribution in [3.8, 4) is 22.3 Å². The highest BCUT2D eigenvalue weighted by Crippen LogP contribution is 2.43. The predicted molar refractivity (Wildman–Crippen MR) is 161 cm³/mol. The van der Waals surface area contributed by atoms with E-state index < -0.39 is 0 Å². The van der Waals surface area contributed by atoms with E-state index in [-0.39, 0.29) is 0 Å². The second-order valence-corrected chi connectivity index (χ2v) is 10.6. The molecule has 0 radical (unpaired) electrons. The third-order valence-corrected chi connectivity index (χ3v) is 8.70. The van der Waals surface area contributed by atoms with Crippen LogP contribution in [0.15, 0.2) is 128 Å². The number of pyridine rings is 1. The Labute approximate surface area is 218 Å². The Morgan fingerprint density at radius 3 is 2.14 bits per heavy atom. The van der Waals surface area contributed by atoms with Gasteiger partial charge in [0.15, 0.2) is 0 Å². The van der Waals surface area contributed by atoms with Crippen molar-refractivity contribution in [2.24, 2.45) is 0 Å². The molecule has 1 nitrogen and oxygen atoms in total. The Morgan fingerprint density at radius 2 is 1.22 bits per heavy atom. The number of benzene rings is 6. The molecule has 0 amide bonds. The van der Waals surface area contributed by atoms with Crippen molar-refractivity contribution >= 4 is 64.0 Å². The summed E-state index contributed by atoms with van der Waals surface area (Å²) in [4.78, 5) is 4.78. The number of fused-ring (bicyclic) bond motifs is 8. The van der Waals surface area contributed by atoms with E-state index in [9.17, 15) is 0 Å². The Morgan fingerprint density at radius 1 is 0.486 bits per heavy atom. The lowest BCUT2D eigenvalue weighted by Gasteiger charge is -2.13. The minimum atomic E-state index is 1.05. The van der Waals surface area contributed by atoms with Crippen LogP contribution in [0.2, 0.25) is 0 Å². The lowest BCUT2D eigenvalue weighted by Crippen LogP contribution is -1.88. The molecule has 37 heavy (non-hydrogen) atoms. The average molecular weight is 488 g/mol. The van der Waals surface area contributed by atoms with E-state index in [0.717, 1.165) is 5.52 Å². The number of nitrogens with zero attached hydrogens (tertiary/aromatic N) is 1. The number of hydrogen-bond donors (Lipinski definition) is 0. The normalized spacial score (nSPS) is 11.8. The fourth-order valence-corrected chi connectivity index (χ4v) is 7.02. The van der Waals surface area contributed by atoms with Crippen molar-refractivity contribution in [1.29, 1.82) is 0 Å². The van der Waals surface area contributed by atoms with Crippen LogP contribution in [-0.4, -0.2) is 4.98 Å². The van der Waals surface area contributed by atoms with Crippen LogP contribution in [0.3, 0.4) is 0 Å². The molecule has 0 aliphatic carbocycles. The van der Waals surface area contributed by atoms with Crippen LogP contribution in [0, 0.1) is 0 Å². The van der Waals surface area contributed by atoms with Gasteiger partial charge in [-0.15, -0.1) is 11.3 Å². The molecule has 0 aliphatic rings. The predicted octanol–water partition coefficient (Wildman–Crippen LogP) is 10.2. The zero-order chi connectivity index (χ0) is 24.3. The zero-order valence-corrected chi connectivity index (χ0v) is 20.8. The Balaban J connectivity index is 1.42. The quantitative estimate of drug-likeness (QED) is 0.221. The zero-order valence-electron chi connectivity index (χ0n) is 20.0. The number of aromatic nitrogens is 1. The topological polar surface area (TPSA) is 12.9 Å². The molecule has 2 heterocycles. The highest BCUT2D eigenvalue weighted by molar-refractivity contribution is 7.26. The highest BCUT2D eigenvalue weighted by Gasteiger charge is 2.14. The second kappa shape index (κ2) is 7.99. The Hall–Kier alpha value is -4.53. The van der Waals surface area contributed by atoms with Crippen molar-refractivity contribution in [1.82, 2.24) is 4.98 Å². The summed E-state index contributed by atoms with van der Waals surface area (Å²) in [5, 5.41) is 8.87. The molecule has 0 spiro atoms. The SMILES string of the molecule is c1cc(-c2cc3c4ccccc4sc3c3ccccc23)cc(-c2cccc3ccc4cccnc4c23)c1. The average Bonchev–Trinajstić information content (AvgIpc) is 3.35. The van der Waals surface area contributed by atoms with Gasteiger partial charge in [-0.3, -0.25) is 4.98 Å². The smallest absolute Gasteiger partial charge is 0.0786 e. The first-order chi connectivity index (χ1) is 18.3. The maximum Gasteiger partial charge on any atom is 0.0786 e. The van der Waals surface area contributed by atoms with Crippen LogP contribution in [-0.2, 0) is 0 Å². The standard InChI is InChI=1S/C35H21NS/c1-2-14-29-27(12-1)30(21-31-28-13-3-4-16-32(28)37-35(29)31)25-10-5-9-24(20-25)26-15-6-8-22-17-18-23-11-7-19-36-34(23)33(22)26/h1-21H. The van der Waals surface area contributed by atoms with Crippen LogP contribution in [0.5, 0.6) is 0 Å². The van der Waals surface area contributed by atoms with E-state index in [1.165, 1.54) is 69.4 Å². The van der Waals surface area contributed by atoms with Gasteiger partial charge in [0.05, 0.1) is 5.52 Å². The summed E-state index contributed by atoms with van der Waals surface area (Å²) in [5.41, 5.74) is 5.99. The monoisotopic (exact) mass is 487 g/mol. The molecule has 0 saturated heterocycles. The minimum absolute atomic E-state index is 1.05. The minimum Gasteiger partial charge on any atom is -0.256 e. The third-order valence-electron chi connectivity index (χ3n) is 7.48.